The molecule has 0 saturated heterocycles. The fourth-order valence-corrected chi connectivity index (χ4v) is 1.45. The third-order valence-corrected chi connectivity index (χ3v) is 2.44. The maximum absolute atomic E-state index is 11.0. The molecule has 0 radical (unpaired) electrons. The lowest BCUT2D eigenvalue weighted by molar-refractivity contribution is -0.385. The van der Waals surface area contributed by atoms with Gasteiger partial charge in [0.05, 0.1) is 30.8 Å². The molecule has 1 N–H and O–H groups in total. The number of rotatable bonds is 5. The van der Waals surface area contributed by atoms with Crippen molar-refractivity contribution in [3.8, 4) is 11.5 Å². The predicted octanol–water partition coefficient (Wildman–Crippen LogP) is 2.10. The lowest BCUT2D eigenvalue weighted by Crippen LogP contribution is -1.99. The fraction of sp³-hybridized carbons (Fsp3) is 0.250. The zero-order valence-corrected chi connectivity index (χ0v) is 10.7. The minimum absolute atomic E-state index is 0.0182. The fourth-order valence-electron chi connectivity index (χ4n) is 1.45. The number of hydrogen-bond acceptors (Lipinski definition) is 5. The van der Waals surface area contributed by atoms with Crippen molar-refractivity contribution in [3.63, 3.8) is 0 Å². The van der Waals surface area contributed by atoms with Gasteiger partial charge in [0, 0.05) is 5.57 Å². The van der Waals surface area contributed by atoms with Crippen LogP contribution >= 0.6 is 0 Å². The first-order valence-corrected chi connectivity index (χ1v) is 5.22. The topological polar surface area (TPSA) is 98.9 Å². The van der Waals surface area contributed by atoms with Crippen molar-refractivity contribution in [1.82, 2.24) is 0 Å². The lowest BCUT2D eigenvalue weighted by atomic mass is 10.1. The van der Waals surface area contributed by atoms with Crippen molar-refractivity contribution in [2.45, 2.75) is 6.92 Å². The minimum atomic E-state index is -1.15. The van der Waals surface area contributed by atoms with E-state index in [1.54, 1.807) is 0 Å². The highest BCUT2D eigenvalue weighted by Gasteiger charge is 2.18. The van der Waals surface area contributed by atoms with Gasteiger partial charge < -0.3 is 14.6 Å². The summed E-state index contributed by atoms with van der Waals surface area (Å²) in [6.07, 6.45) is 1.21. The number of methoxy groups -OCH3 is 2. The van der Waals surface area contributed by atoms with Crippen molar-refractivity contribution >= 4 is 17.7 Å². The number of carboxylic acid groups (broad SMARTS) is 1. The van der Waals surface area contributed by atoms with E-state index in [-0.39, 0.29) is 28.3 Å². The highest BCUT2D eigenvalue weighted by molar-refractivity contribution is 5.92. The molecule has 0 fully saturated rings. The second-order valence-electron chi connectivity index (χ2n) is 3.66. The van der Waals surface area contributed by atoms with Gasteiger partial charge in [0.25, 0.3) is 5.69 Å². The Morgan fingerprint density at radius 3 is 2.26 bits per heavy atom. The normalized spacial score (nSPS) is 11.0. The molecule has 0 atom stereocenters. The number of carbonyl (C=O) groups is 1. The van der Waals surface area contributed by atoms with E-state index in [1.807, 2.05) is 0 Å². The quantitative estimate of drug-likeness (QED) is 0.498. The highest BCUT2D eigenvalue weighted by atomic mass is 16.6. The smallest absolute Gasteiger partial charge is 0.331 e. The van der Waals surface area contributed by atoms with Crippen molar-refractivity contribution in [2.24, 2.45) is 0 Å². The van der Waals surface area contributed by atoms with Crippen LogP contribution in [0.1, 0.15) is 12.5 Å². The zero-order chi connectivity index (χ0) is 14.6. The second-order valence-corrected chi connectivity index (χ2v) is 3.66. The molecular weight excluding hydrogens is 254 g/mol. The van der Waals surface area contributed by atoms with Crippen molar-refractivity contribution in [2.75, 3.05) is 14.2 Å². The Morgan fingerprint density at radius 2 is 1.84 bits per heavy atom. The van der Waals surface area contributed by atoms with Gasteiger partial charge in [-0.1, -0.05) is 0 Å². The molecule has 0 unspecified atom stereocenters. The molecular formula is C12H13NO6. The van der Waals surface area contributed by atoms with Gasteiger partial charge in [0.2, 0.25) is 0 Å². The van der Waals surface area contributed by atoms with Gasteiger partial charge in [0.1, 0.15) is 0 Å². The average Bonchev–Trinajstić information content (AvgIpc) is 2.37. The summed E-state index contributed by atoms with van der Waals surface area (Å²) in [4.78, 5) is 21.1. The van der Waals surface area contributed by atoms with Crippen LogP contribution in [0, 0.1) is 10.1 Å². The largest absolute Gasteiger partial charge is 0.493 e. The average molecular weight is 267 g/mol. The van der Waals surface area contributed by atoms with E-state index in [9.17, 15) is 14.9 Å². The lowest BCUT2D eigenvalue weighted by Gasteiger charge is -2.09. The SMILES string of the molecule is COc1cc(/C=C(\C)C(=O)O)c([N+](=O)[O-])cc1OC. The van der Waals surface area contributed by atoms with Gasteiger partial charge in [-0.25, -0.2) is 4.79 Å². The maximum Gasteiger partial charge on any atom is 0.331 e. The van der Waals surface area contributed by atoms with Gasteiger partial charge in [-0.3, -0.25) is 10.1 Å². The van der Waals surface area contributed by atoms with E-state index < -0.39 is 10.9 Å². The molecule has 0 amide bonds. The van der Waals surface area contributed by atoms with E-state index in [2.05, 4.69) is 0 Å². The predicted molar refractivity (Wildman–Crippen MR) is 67.5 cm³/mol. The van der Waals surface area contributed by atoms with Gasteiger partial charge in [-0.2, -0.15) is 0 Å². The molecule has 0 heterocycles. The van der Waals surface area contributed by atoms with Crippen LogP contribution in [0.5, 0.6) is 11.5 Å². The number of hydrogen-bond donors (Lipinski definition) is 1. The van der Waals surface area contributed by atoms with Gasteiger partial charge in [-0.05, 0) is 19.1 Å². The molecule has 102 valence electrons. The van der Waals surface area contributed by atoms with E-state index in [0.29, 0.717) is 0 Å². The van der Waals surface area contributed by atoms with E-state index in [4.69, 9.17) is 14.6 Å². The molecule has 0 saturated carbocycles. The Kier molecular flexibility index (Phi) is 4.46. The molecule has 1 rings (SSSR count). The number of nitro benzene ring substituents is 1. The van der Waals surface area contributed by atoms with Crippen LogP contribution in [-0.2, 0) is 4.79 Å². The molecule has 19 heavy (non-hydrogen) atoms. The first kappa shape index (κ1) is 14.5. The van der Waals surface area contributed by atoms with Crippen molar-refractivity contribution in [1.29, 1.82) is 0 Å². The molecule has 1 aromatic carbocycles. The van der Waals surface area contributed by atoms with Crippen LogP contribution in [0.2, 0.25) is 0 Å². The van der Waals surface area contributed by atoms with Crippen LogP contribution in [0.3, 0.4) is 0 Å². The van der Waals surface area contributed by atoms with Crippen LogP contribution in [0.25, 0.3) is 6.08 Å². The van der Waals surface area contributed by atoms with E-state index >= 15 is 0 Å². The molecule has 0 aliphatic heterocycles. The van der Waals surface area contributed by atoms with E-state index in [0.717, 1.165) is 0 Å². The maximum atomic E-state index is 11.0. The van der Waals surface area contributed by atoms with Gasteiger partial charge >= 0.3 is 5.97 Å². The van der Waals surface area contributed by atoms with Crippen LogP contribution in [-0.4, -0.2) is 30.2 Å². The van der Waals surface area contributed by atoms with Gasteiger partial charge in [0.15, 0.2) is 11.5 Å². The summed E-state index contributed by atoms with van der Waals surface area (Å²) in [5.74, 6) is -0.652. The molecule has 0 aromatic heterocycles. The molecule has 0 bridgehead atoms. The Bertz CT molecular complexity index is 549. The summed E-state index contributed by atoms with van der Waals surface area (Å²) < 4.78 is 10.00. The molecule has 0 spiro atoms. The number of nitrogens with zero attached hydrogens (tertiary/aromatic N) is 1. The van der Waals surface area contributed by atoms with E-state index in [1.165, 1.54) is 39.4 Å². The Morgan fingerprint density at radius 1 is 1.32 bits per heavy atom. The van der Waals surface area contributed by atoms with Gasteiger partial charge in [-0.15, -0.1) is 0 Å². The van der Waals surface area contributed by atoms with Crippen molar-refractivity contribution < 1.29 is 24.3 Å². The highest BCUT2D eigenvalue weighted by Crippen LogP contribution is 2.35. The summed E-state index contributed by atoms with van der Waals surface area (Å²) in [6.45, 7) is 1.35. The number of ether oxygens (including phenoxy) is 2. The molecule has 0 aliphatic rings. The standard InChI is InChI=1S/C12H13NO6/c1-7(12(14)15)4-8-5-10(18-2)11(19-3)6-9(8)13(16)17/h4-6H,1-3H3,(H,14,15)/b7-4+. The number of aliphatic carboxylic acids is 1. The first-order chi connectivity index (χ1) is 8.90. The Balaban J connectivity index is 3.48. The Labute approximate surface area is 109 Å². The minimum Gasteiger partial charge on any atom is -0.493 e. The van der Waals surface area contributed by atoms with Crippen LogP contribution in [0.15, 0.2) is 17.7 Å². The molecule has 1 aromatic rings. The Hall–Kier alpha value is -2.57. The zero-order valence-electron chi connectivity index (χ0n) is 10.7. The molecule has 7 nitrogen and oxygen atoms in total. The number of nitro groups is 1. The van der Waals surface area contributed by atoms with Crippen LogP contribution in [0.4, 0.5) is 5.69 Å². The first-order valence-electron chi connectivity index (χ1n) is 5.22. The monoisotopic (exact) mass is 267 g/mol. The van der Waals surface area contributed by atoms with Crippen molar-refractivity contribution in [3.05, 3.63) is 33.4 Å². The third-order valence-electron chi connectivity index (χ3n) is 2.44. The summed E-state index contributed by atoms with van der Waals surface area (Å²) in [5.41, 5.74) is -0.129. The number of benzene rings is 1. The summed E-state index contributed by atoms with van der Waals surface area (Å²) in [5, 5.41) is 19.8. The summed E-state index contributed by atoms with van der Waals surface area (Å²) in [6, 6.07) is 2.56. The van der Waals surface area contributed by atoms with Crippen LogP contribution < -0.4 is 9.47 Å². The molecule has 0 aliphatic carbocycles. The third kappa shape index (κ3) is 3.21. The summed E-state index contributed by atoms with van der Waals surface area (Å²) >= 11 is 0. The second kappa shape index (κ2) is 5.85. The molecule has 7 heteroatoms. The summed E-state index contributed by atoms with van der Waals surface area (Å²) in [7, 11) is 2.75. The number of carboxylic acids is 1.